The summed E-state index contributed by atoms with van der Waals surface area (Å²) in [4.78, 5) is 2.94. The van der Waals surface area contributed by atoms with Gasteiger partial charge in [0.05, 0.1) is 0 Å². The van der Waals surface area contributed by atoms with Gasteiger partial charge in [0.15, 0.2) is 0 Å². The minimum Gasteiger partial charge on any atom is -0.726 e. The molecule has 16 heavy (non-hydrogen) atoms. The summed E-state index contributed by atoms with van der Waals surface area (Å²) < 4.78 is 32.8. The van der Waals surface area contributed by atoms with Crippen LogP contribution in [-0.4, -0.2) is 27.6 Å². The standard InChI is InChI=1S/C8H7NO.K.H2O4S/c10-8-5-9-7-4-2-1-3-6(7)8;;1-5(2,3)4/h1-5,9-10H;;(H2,1,2,3,4)/q;+1;/p-1. The number of hydrogen-bond acceptors (Lipinski definition) is 4. The van der Waals surface area contributed by atoms with Gasteiger partial charge in [0.25, 0.3) is 0 Å². The van der Waals surface area contributed by atoms with E-state index in [1.54, 1.807) is 6.20 Å². The Bertz CT molecular complexity index is 542. The summed E-state index contributed by atoms with van der Waals surface area (Å²) in [6.45, 7) is 0. The van der Waals surface area contributed by atoms with Gasteiger partial charge >= 0.3 is 51.4 Å². The zero-order valence-electron chi connectivity index (χ0n) is 8.41. The molecule has 3 N–H and O–H groups in total. The molecule has 1 heterocycles. The van der Waals surface area contributed by atoms with Crippen LogP contribution < -0.4 is 51.4 Å². The fourth-order valence-electron chi connectivity index (χ4n) is 1.06. The maximum absolute atomic E-state index is 9.18. The Kier molecular flexibility index (Phi) is 6.75. The second-order valence-electron chi connectivity index (χ2n) is 2.65. The van der Waals surface area contributed by atoms with Gasteiger partial charge in [-0.3, -0.25) is 4.55 Å². The van der Waals surface area contributed by atoms with Gasteiger partial charge in [0, 0.05) is 17.1 Å². The van der Waals surface area contributed by atoms with E-state index in [1.165, 1.54) is 0 Å². The number of aromatic amines is 1. The van der Waals surface area contributed by atoms with E-state index in [0.717, 1.165) is 10.9 Å². The van der Waals surface area contributed by atoms with Crippen LogP contribution in [0.2, 0.25) is 0 Å². The van der Waals surface area contributed by atoms with E-state index in [4.69, 9.17) is 17.5 Å². The molecule has 0 spiro atoms. The zero-order chi connectivity index (χ0) is 11.5. The number of aromatic nitrogens is 1. The normalized spacial score (nSPS) is 10.1. The van der Waals surface area contributed by atoms with Crippen LogP contribution >= 0.6 is 0 Å². The Morgan fingerprint density at radius 1 is 1.25 bits per heavy atom. The maximum atomic E-state index is 9.18. The van der Waals surface area contributed by atoms with Crippen molar-refractivity contribution in [2.24, 2.45) is 0 Å². The third kappa shape index (κ3) is 5.96. The van der Waals surface area contributed by atoms with E-state index in [0.29, 0.717) is 5.75 Å². The molecule has 0 saturated heterocycles. The largest absolute Gasteiger partial charge is 1.00 e. The monoisotopic (exact) mass is 269 g/mol. The SMILES string of the molecule is O=S(=O)([O-])O.Oc1c[nH]c2ccccc12.[K+]. The Morgan fingerprint density at radius 3 is 2.25 bits per heavy atom. The van der Waals surface area contributed by atoms with Gasteiger partial charge in [-0.1, -0.05) is 12.1 Å². The van der Waals surface area contributed by atoms with Crippen molar-refractivity contribution < 1.29 is 74.0 Å². The van der Waals surface area contributed by atoms with Crippen LogP contribution in [0.3, 0.4) is 0 Å². The van der Waals surface area contributed by atoms with Gasteiger partial charge in [-0.05, 0) is 12.1 Å². The van der Waals surface area contributed by atoms with Gasteiger partial charge in [-0.15, -0.1) is 0 Å². The van der Waals surface area contributed by atoms with Crippen molar-refractivity contribution in [2.75, 3.05) is 0 Å². The quantitative estimate of drug-likeness (QED) is 0.287. The molecule has 0 atom stereocenters. The van der Waals surface area contributed by atoms with Crippen molar-refractivity contribution in [3.8, 4) is 5.75 Å². The van der Waals surface area contributed by atoms with E-state index < -0.39 is 10.4 Å². The number of para-hydroxylation sites is 1. The first kappa shape index (κ1) is 16.1. The third-order valence-electron chi connectivity index (χ3n) is 1.57. The molecule has 0 radical (unpaired) electrons. The zero-order valence-corrected chi connectivity index (χ0v) is 12.4. The van der Waals surface area contributed by atoms with Crippen molar-refractivity contribution in [1.29, 1.82) is 0 Å². The van der Waals surface area contributed by atoms with E-state index in [1.807, 2.05) is 24.3 Å². The third-order valence-corrected chi connectivity index (χ3v) is 1.57. The molecule has 0 bridgehead atoms. The van der Waals surface area contributed by atoms with E-state index in [-0.39, 0.29) is 51.4 Å². The molecule has 8 heteroatoms. The Labute approximate surface area is 135 Å². The minimum atomic E-state index is -4.92. The summed E-state index contributed by atoms with van der Waals surface area (Å²) in [7, 11) is -4.92. The van der Waals surface area contributed by atoms with Gasteiger partial charge in [0.2, 0.25) is 10.4 Å². The molecule has 0 fully saturated rings. The van der Waals surface area contributed by atoms with Crippen LogP contribution in [0.4, 0.5) is 0 Å². The van der Waals surface area contributed by atoms with Gasteiger partial charge in [0.1, 0.15) is 5.75 Å². The topological polar surface area (TPSA) is 113 Å². The van der Waals surface area contributed by atoms with Crippen LogP contribution in [0.1, 0.15) is 0 Å². The molecule has 0 amide bonds. The molecule has 82 valence electrons. The number of H-pyrrole nitrogens is 1. The predicted octanol–water partition coefficient (Wildman–Crippen LogP) is -2.12. The smallest absolute Gasteiger partial charge is 0.726 e. The number of nitrogens with one attached hydrogen (secondary N) is 1. The summed E-state index contributed by atoms with van der Waals surface area (Å²) in [6, 6.07) is 7.63. The van der Waals surface area contributed by atoms with E-state index in [2.05, 4.69) is 4.98 Å². The van der Waals surface area contributed by atoms with E-state index >= 15 is 0 Å². The summed E-state index contributed by atoms with van der Waals surface area (Å²) in [5.74, 6) is 0.315. The van der Waals surface area contributed by atoms with Crippen molar-refractivity contribution in [3.05, 3.63) is 30.5 Å². The number of fused-ring (bicyclic) bond motifs is 1. The fourth-order valence-corrected chi connectivity index (χ4v) is 1.06. The molecule has 0 aliphatic rings. The first-order chi connectivity index (χ1) is 6.88. The number of benzene rings is 1. The van der Waals surface area contributed by atoms with Crippen molar-refractivity contribution in [1.82, 2.24) is 4.98 Å². The molecule has 0 saturated carbocycles. The van der Waals surface area contributed by atoms with Crippen LogP contribution in [-0.2, 0) is 10.4 Å². The minimum absolute atomic E-state index is 0. The Morgan fingerprint density at radius 2 is 1.75 bits per heavy atom. The van der Waals surface area contributed by atoms with Gasteiger partial charge in [-0.2, -0.15) is 0 Å². The molecule has 2 aromatic rings. The summed E-state index contributed by atoms with van der Waals surface area (Å²) in [5, 5.41) is 10.1. The molecular formula is C8H8KNO5S. The molecule has 0 aliphatic heterocycles. The van der Waals surface area contributed by atoms with Crippen molar-refractivity contribution in [3.63, 3.8) is 0 Å². The molecule has 6 nitrogen and oxygen atoms in total. The molecule has 1 aromatic heterocycles. The fraction of sp³-hybridized carbons (Fsp3) is 0. The summed E-state index contributed by atoms with van der Waals surface area (Å²) >= 11 is 0. The first-order valence-electron chi connectivity index (χ1n) is 3.81. The first-order valence-corrected chi connectivity index (χ1v) is 5.18. The Hall–Kier alpha value is 0.0664. The molecule has 2 rings (SSSR count). The van der Waals surface area contributed by atoms with Crippen LogP contribution in [0.15, 0.2) is 30.5 Å². The van der Waals surface area contributed by atoms with Crippen molar-refractivity contribution in [2.45, 2.75) is 0 Å². The molecule has 0 aliphatic carbocycles. The second-order valence-corrected chi connectivity index (χ2v) is 3.50. The maximum Gasteiger partial charge on any atom is 1.00 e. The van der Waals surface area contributed by atoms with Crippen LogP contribution in [0.5, 0.6) is 5.75 Å². The predicted molar refractivity (Wildman–Crippen MR) is 52.3 cm³/mol. The van der Waals surface area contributed by atoms with E-state index in [9.17, 15) is 5.11 Å². The Balaban J connectivity index is 0.000000330. The summed E-state index contributed by atoms with van der Waals surface area (Å²) in [6.07, 6.45) is 1.59. The van der Waals surface area contributed by atoms with Gasteiger partial charge in [-0.25, -0.2) is 8.42 Å². The van der Waals surface area contributed by atoms with Crippen LogP contribution in [0, 0.1) is 0 Å². The number of aromatic hydroxyl groups is 1. The molecular weight excluding hydrogens is 261 g/mol. The van der Waals surface area contributed by atoms with Crippen LogP contribution in [0.25, 0.3) is 10.9 Å². The van der Waals surface area contributed by atoms with Crippen molar-refractivity contribution >= 4 is 21.3 Å². The van der Waals surface area contributed by atoms with Gasteiger partial charge < -0.3 is 14.6 Å². The molecule has 0 unspecified atom stereocenters. The second kappa shape index (κ2) is 6.72. The average Bonchev–Trinajstić information content (AvgIpc) is 2.46. The molecule has 1 aromatic carbocycles. The number of rotatable bonds is 0. The number of hydrogen-bond donors (Lipinski definition) is 3. The average molecular weight is 269 g/mol. The summed E-state index contributed by atoms with van der Waals surface area (Å²) in [5.41, 5.74) is 0.972.